The Labute approximate surface area is 154 Å². The molecule has 2 aromatic rings. The Balaban J connectivity index is 1.50. The second kappa shape index (κ2) is 6.57. The topological polar surface area (TPSA) is 46.4 Å². The van der Waals surface area contributed by atoms with E-state index >= 15 is 0 Å². The van der Waals surface area contributed by atoms with Crippen LogP contribution >= 0.6 is 0 Å². The van der Waals surface area contributed by atoms with Gasteiger partial charge in [-0.3, -0.25) is 0 Å². The summed E-state index contributed by atoms with van der Waals surface area (Å²) in [4.78, 5) is 2.20. The van der Waals surface area contributed by atoms with Gasteiger partial charge < -0.3 is 14.4 Å². The molecule has 2 aliphatic heterocycles. The maximum absolute atomic E-state index is 5.45. The minimum absolute atomic E-state index is 0.0785. The van der Waals surface area contributed by atoms with Crippen LogP contribution in [0.4, 0.5) is 5.69 Å². The Bertz CT molecular complexity index is 887. The van der Waals surface area contributed by atoms with Crippen LogP contribution in [0.3, 0.4) is 0 Å². The molecule has 0 atom stereocenters. The molecule has 0 aromatic heterocycles. The standard InChI is InChI=1S/C21H23N3O2/c1-21(2)17-6-4-5-7-18(17)24(3)20(21)12-23-22-11-15-8-9-19-16(10-15)13-25-14-26-19/h4-10,12H,11,13-14H2,1-3H3/b20-12+,23-22?. The number of benzene rings is 2. The monoisotopic (exact) mass is 349 g/mol. The van der Waals surface area contributed by atoms with Gasteiger partial charge in [0.2, 0.25) is 0 Å². The van der Waals surface area contributed by atoms with Crippen LogP contribution in [0, 0.1) is 0 Å². The van der Waals surface area contributed by atoms with Crippen LogP contribution in [0.5, 0.6) is 5.75 Å². The molecule has 0 unspecified atom stereocenters. The Hall–Kier alpha value is -2.66. The Kier molecular flexibility index (Phi) is 4.24. The minimum Gasteiger partial charge on any atom is -0.467 e. The van der Waals surface area contributed by atoms with E-state index in [2.05, 4.69) is 66.4 Å². The fourth-order valence-corrected chi connectivity index (χ4v) is 3.69. The highest BCUT2D eigenvalue weighted by Gasteiger charge is 2.38. The van der Waals surface area contributed by atoms with Crippen molar-refractivity contribution >= 4 is 5.69 Å². The molecule has 0 bridgehead atoms. The van der Waals surface area contributed by atoms with E-state index < -0.39 is 0 Å². The van der Waals surface area contributed by atoms with Crippen molar-refractivity contribution in [3.63, 3.8) is 0 Å². The number of para-hydroxylation sites is 1. The van der Waals surface area contributed by atoms with Crippen molar-refractivity contribution in [3.05, 3.63) is 71.1 Å². The Morgan fingerprint density at radius 3 is 2.88 bits per heavy atom. The van der Waals surface area contributed by atoms with E-state index in [-0.39, 0.29) is 5.41 Å². The number of nitrogens with zero attached hydrogens (tertiary/aromatic N) is 3. The van der Waals surface area contributed by atoms with Gasteiger partial charge in [-0.2, -0.15) is 10.2 Å². The summed E-state index contributed by atoms with van der Waals surface area (Å²) in [5.74, 6) is 0.895. The van der Waals surface area contributed by atoms with Crippen LogP contribution in [0.15, 0.2) is 64.6 Å². The first kappa shape index (κ1) is 16.8. The molecule has 5 nitrogen and oxygen atoms in total. The summed E-state index contributed by atoms with van der Waals surface area (Å²) in [6.07, 6.45) is 1.88. The first-order valence-corrected chi connectivity index (χ1v) is 8.80. The molecule has 2 aromatic carbocycles. The molecule has 134 valence electrons. The van der Waals surface area contributed by atoms with E-state index in [4.69, 9.17) is 9.47 Å². The lowest BCUT2D eigenvalue weighted by molar-refractivity contribution is -0.0164. The summed E-state index contributed by atoms with van der Waals surface area (Å²) in [6, 6.07) is 14.6. The van der Waals surface area contributed by atoms with Gasteiger partial charge in [0.1, 0.15) is 5.75 Å². The van der Waals surface area contributed by atoms with E-state index in [1.165, 1.54) is 11.3 Å². The largest absolute Gasteiger partial charge is 0.467 e. The molecule has 0 saturated carbocycles. The average molecular weight is 349 g/mol. The number of likely N-dealkylation sites (N-methyl/N-ethyl adjacent to an activating group) is 1. The van der Waals surface area contributed by atoms with Crippen LogP contribution in [0.25, 0.3) is 0 Å². The second-order valence-corrected chi connectivity index (χ2v) is 7.18. The molecule has 0 N–H and O–H groups in total. The summed E-state index contributed by atoms with van der Waals surface area (Å²) in [5.41, 5.74) is 5.78. The molecule has 2 heterocycles. The van der Waals surface area contributed by atoms with Gasteiger partial charge in [-0.1, -0.05) is 38.1 Å². The fraction of sp³-hybridized carbons (Fsp3) is 0.333. The van der Waals surface area contributed by atoms with E-state index in [9.17, 15) is 0 Å². The van der Waals surface area contributed by atoms with Crippen LogP contribution < -0.4 is 9.64 Å². The zero-order valence-electron chi connectivity index (χ0n) is 15.4. The van der Waals surface area contributed by atoms with Crippen molar-refractivity contribution in [2.75, 3.05) is 18.7 Å². The molecule has 2 aliphatic rings. The van der Waals surface area contributed by atoms with Gasteiger partial charge in [0, 0.05) is 29.4 Å². The number of fused-ring (bicyclic) bond motifs is 2. The summed E-state index contributed by atoms with van der Waals surface area (Å²) >= 11 is 0. The van der Waals surface area contributed by atoms with E-state index in [0.717, 1.165) is 22.6 Å². The predicted molar refractivity (Wildman–Crippen MR) is 101 cm³/mol. The number of rotatable bonds is 3. The zero-order valence-corrected chi connectivity index (χ0v) is 15.4. The van der Waals surface area contributed by atoms with Crippen molar-refractivity contribution in [1.29, 1.82) is 0 Å². The molecule has 0 spiro atoms. The third-order valence-electron chi connectivity index (χ3n) is 5.14. The maximum atomic E-state index is 5.45. The van der Waals surface area contributed by atoms with Crippen LogP contribution in [-0.4, -0.2) is 13.8 Å². The number of ether oxygens (including phenoxy) is 2. The zero-order chi connectivity index (χ0) is 18.1. The van der Waals surface area contributed by atoms with Crippen molar-refractivity contribution in [3.8, 4) is 5.75 Å². The highest BCUT2D eigenvalue weighted by atomic mass is 16.7. The van der Waals surface area contributed by atoms with Crippen molar-refractivity contribution in [2.45, 2.75) is 32.4 Å². The number of hydrogen-bond donors (Lipinski definition) is 0. The molecule has 4 rings (SSSR count). The second-order valence-electron chi connectivity index (χ2n) is 7.18. The maximum Gasteiger partial charge on any atom is 0.189 e. The normalized spacial score (nSPS) is 19.5. The first-order chi connectivity index (χ1) is 12.6. The smallest absolute Gasteiger partial charge is 0.189 e. The highest BCUT2D eigenvalue weighted by Crippen LogP contribution is 2.46. The van der Waals surface area contributed by atoms with E-state index in [1.54, 1.807) is 0 Å². The van der Waals surface area contributed by atoms with Gasteiger partial charge in [-0.05, 0) is 29.3 Å². The highest BCUT2D eigenvalue weighted by molar-refractivity contribution is 5.69. The molecule has 0 amide bonds. The van der Waals surface area contributed by atoms with Gasteiger partial charge in [-0.25, -0.2) is 0 Å². The third kappa shape index (κ3) is 2.88. The van der Waals surface area contributed by atoms with E-state index in [1.807, 2.05) is 18.3 Å². The lowest BCUT2D eigenvalue weighted by Gasteiger charge is -2.22. The number of anilines is 1. The van der Waals surface area contributed by atoms with Crippen molar-refractivity contribution in [1.82, 2.24) is 0 Å². The summed E-state index contributed by atoms with van der Waals surface area (Å²) in [5, 5.41) is 8.71. The van der Waals surface area contributed by atoms with Crippen LogP contribution in [-0.2, 0) is 23.3 Å². The molecular formula is C21H23N3O2. The Morgan fingerprint density at radius 2 is 2.04 bits per heavy atom. The molecule has 0 saturated heterocycles. The van der Waals surface area contributed by atoms with Crippen LogP contribution in [0.1, 0.15) is 30.5 Å². The molecular weight excluding hydrogens is 326 g/mol. The van der Waals surface area contributed by atoms with Crippen LogP contribution in [0.2, 0.25) is 0 Å². The Morgan fingerprint density at radius 1 is 1.19 bits per heavy atom. The molecule has 5 heteroatoms. The average Bonchev–Trinajstić information content (AvgIpc) is 2.85. The molecule has 0 radical (unpaired) electrons. The third-order valence-corrected chi connectivity index (χ3v) is 5.14. The van der Waals surface area contributed by atoms with Gasteiger partial charge in [0.25, 0.3) is 0 Å². The number of azo groups is 1. The fourth-order valence-electron chi connectivity index (χ4n) is 3.69. The van der Waals surface area contributed by atoms with Crippen molar-refractivity contribution < 1.29 is 9.47 Å². The number of hydrogen-bond acceptors (Lipinski definition) is 5. The van der Waals surface area contributed by atoms with Gasteiger partial charge in [-0.15, -0.1) is 0 Å². The SMILES string of the molecule is CN1/C(=C/N=NCc2ccc3c(c2)COCO3)C(C)(C)c2ccccc21. The van der Waals surface area contributed by atoms with Crippen molar-refractivity contribution in [2.24, 2.45) is 10.2 Å². The summed E-state index contributed by atoms with van der Waals surface area (Å²) in [6.45, 7) is 5.89. The first-order valence-electron chi connectivity index (χ1n) is 8.80. The lowest BCUT2D eigenvalue weighted by atomic mass is 9.84. The minimum atomic E-state index is -0.0785. The summed E-state index contributed by atoms with van der Waals surface area (Å²) < 4.78 is 10.8. The quantitative estimate of drug-likeness (QED) is 0.750. The predicted octanol–water partition coefficient (Wildman–Crippen LogP) is 4.77. The molecule has 0 aliphatic carbocycles. The van der Waals surface area contributed by atoms with E-state index in [0.29, 0.717) is 19.9 Å². The molecule has 26 heavy (non-hydrogen) atoms. The number of allylic oxidation sites excluding steroid dienone is 1. The van der Waals surface area contributed by atoms with Gasteiger partial charge in [0.05, 0.1) is 19.4 Å². The molecule has 0 fully saturated rings. The van der Waals surface area contributed by atoms with Gasteiger partial charge in [0.15, 0.2) is 6.79 Å². The lowest BCUT2D eigenvalue weighted by Crippen LogP contribution is -2.22. The van der Waals surface area contributed by atoms with Gasteiger partial charge >= 0.3 is 0 Å². The summed E-state index contributed by atoms with van der Waals surface area (Å²) in [7, 11) is 2.08.